The summed E-state index contributed by atoms with van der Waals surface area (Å²) in [6.07, 6.45) is 0.530. The summed E-state index contributed by atoms with van der Waals surface area (Å²) in [6.45, 7) is 0.792. The number of nitrogens with zero attached hydrogens (tertiary/aromatic N) is 1. The van der Waals surface area contributed by atoms with E-state index in [4.69, 9.17) is 5.73 Å². The Hall–Kier alpha value is -1.45. The molecule has 92 valence electrons. The van der Waals surface area contributed by atoms with Crippen molar-refractivity contribution in [3.8, 4) is 0 Å². The lowest BCUT2D eigenvalue weighted by atomic mass is 9.81. The topological polar surface area (TPSA) is 38.4 Å². The van der Waals surface area contributed by atoms with Crippen molar-refractivity contribution < 1.29 is 8.78 Å². The summed E-state index contributed by atoms with van der Waals surface area (Å²) < 4.78 is 26.6. The van der Waals surface area contributed by atoms with E-state index >= 15 is 0 Å². The molecule has 0 aliphatic carbocycles. The molecule has 17 heavy (non-hydrogen) atoms. The van der Waals surface area contributed by atoms with Crippen molar-refractivity contribution in [3.63, 3.8) is 0 Å². The van der Waals surface area contributed by atoms with Crippen LogP contribution >= 0.6 is 0 Å². The van der Waals surface area contributed by atoms with Crippen molar-refractivity contribution in [2.75, 3.05) is 6.67 Å². The molecule has 2 N–H and O–H groups in total. The summed E-state index contributed by atoms with van der Waals surface area (Å²) >= 11 is 0. The molecule has 0 saturated carbocycles. The predicted molar refractivity (Wildman–Crippen MR) is 64.5 cm³/mol. The molecule has 4 heteroatoms. The van der Waals surface area contributed by atoms with E-state index in [2.05, 4.69) is 4.99 Å². The fourth-order valence-corrected chi connectivity index (χ4v) is 2.13. The maximum atomic E-state index is 13.9. The molecule has 1 aromatic rings. The van der Waals surface area contributed by atoms with Crippen LogP contribution in [-0.4, -0.2) is 18.2 Å². The molecule has 2 atom stereocenters. The van der Waals surface area contributed by atoms with Gasteiger partial charge in [-0.15, -0.1) is 0 Å². The minimum absolute atomic E-state index is 0.0736. The van der Waals surface area contributed by atoms with Gasteiger partial charge in [-0.3, -0.25) is 4.99 Å². The normalized spacial score (nSPS) is 33.2. The fourth-order valence-electron chi connectivity index (χ4n) is 2.13. The van der Waals surface area contributed by atoms with E-state index in [9.17, 15) is 8.78 Å². The van der Waals surface area contributed by atoms with Gasteiger partial charge in [-0.1, -0.05) is 30.3 Å². The molecule has 1 aromatic carbocycles. The van der Waals surface area contributed by atoms with Gasteiger partial charge in [-0.2, -0.15) is 0 Å². The third-order valence-corrected chi connectivity index (χ3v) is 3.44. The van der Waals surface area contributed by atoms with Gasteiger partial charge in [0.15, 0.2) is 5.67 Å². The minimum atomic E-state index is -2.08. The van der Waals surface area contributed by atoms with Gasteiger partial charge in [0, 0.05) is 0 Å². The van der Waals surface area contributed by atoms with Gasteiger partial charge < -0.3 is 5.73 Å². The number of hydrogen-bond donors (Lipinski definition) is 1. The highest BCUT2D eigenvalue weighted by atomic mass is 19.2. The lowest BCUT2D eigenvalue weighted by Crippen LogP contribution is -2.48. The molecule has 0 spiro atoms. The van der Waals surface area contributed by atoms with Crippen LogP contribution < -0.4 is 5.73 Å². The Labute approximate surface area is 99.5 Å². The van der Waals surface area contributed by atoms with Crippen molar-refractivity contribution >= 4 is 5.84 Å². The molecule has 1 aliphatic heterocycles. The number of halogens is 2. The highest BCUT2D eigenvalue weighted by Gasteiger charge is 2.43. The van der Waals surface area contributed by atoms with Crippen LogP contribution in [0.1, 0.15) is 25.3 Å². The molecule has 0 radical (unpaired) electrons. The highest BCUT2D eigenvalue weighted by Crippen LogP contribution is 2.38. The van der Waals surface area contributed by atoms with Crippen LogP contribution in [0.3, 0.4) is 0 Å². The summed E-state index contributed by atoms with van der Waals surface area (Å²) in [7, 11) is 0. The van der Waals surface area contributed by atoms with Gasteiger partial charge in [0.1, 0.15) is 12.5 Å². The van der Waals surface area contributed by atoms with Gasteiger partial charge in [0.25, 0.3) is 0 Å². The lowest BCUT2D eigenvalue weighted by molar-refractivity contribution is 0.153. The summed E-state index contributed by atoms with van der Waals surface area (Å²) in [4.78, 5) is 4.19. The smallest absolute Gasteiger partial charge is 0.195 e. The quantitative estimate of drug-likeness (QED) is 0.845. The Bertz CT molecular complexity index is 432. The first-order valence-electron chi connectivity index (χ1n) is 5.66. The number of rotatable bonds is 2. The largest absolute Gasteiger partial charge is 0.385 e. The van der Waals surface area contributed by atoms with E-state index < -0.39 is 17.9 Å². The van der Waals surface area contributed by atoms with Crippen LogP contribution in [0.4, 0.5) is 8.78 Å². The second-order valence-electron chi connectivity index (χ2n) is 4.74. The van der Waals surface area contributed by atoms with Crippen LogP contribution in [0.15, 0.2) is 35.3 Å². The average Bonchev–Trinajstić information content (AvgIpc) is 2.36. The predicted octanol–water partition coefficient (Wildman–Crippen LogP) is 2.73. The molecule has 1 heterocycles. The molecule has 0 bridgehead atoms. The minimum Gasteiger partial charge on any atom is -0.385 e. The molecule has 0 amide bonds. The van der Waals surface area contributed by atoms with Crippen LogP contribution in [0.25, 0.3) is 0 Å². The first-order valence-corrected chi connectivity index (χ1v) is 5.66. The fraction of sp³-hybridized carbons (Fsp3) is 0.462. The molecular weight excluding hydrogens is 222 g/mol. The summed E-state index contributed by atoms with van der Waals surface area (Å²) in [5.41, 5.74) is 3.93. The number of aliphatic imine (C=N–C) groups is 1. The summed E-state index contributed by atoms with van der Waals surface area (Å²) in [5.74, 6) is -0.224. The Morgan fingerprint density at radius 2 is 1.94 bits per heavy atom. The highest BCUT2D eigenvalue weighted by molar-refractivity contribution is 5.90. The Kier molecular flexibility index (Phi) is 2.89. The van der Waals surface area contributed by atoms with Crippen molar-refractivity contribution in [1.29, 1.82) is 0 Å². The van der Waals surface area contributed by atoms with E-state index in [0.717, 1.165) is 5.56 Å². The maximum Gasteiger partial charge on any atom is 0.195 e. The van der Waals surface area contributed by atoms with E-state index in [1.54, 1.807) is 0 Å². The number of amidine groups is 1. The standard InChI is InChI=1S/C13H16F2N2/c1-12(10-5-3-2-4-6-10)7-8-13(15,9-14)11(16)17-12/h2-6H,7-9H2,1H3,(H2,16,17). The maximum absolute atomic E-state index is 13.9. The molecule has 0 saturated heterocycles. The zero-order chi connectivity index (χ0) is 12.5. The third kappa shape index (κ3) is 2.04. The summed E-state index contributed by atoms with van der Waals surface area (Å²) in [5, 5.41) is 0. The number of nitrogens with two attached hydrogens (primary N) is 1. The first-order chi connectivity index (χ1) is 8.00. The molecule has 2 nitrogen and oxygen atoms in total. The van der Waals surface area contributed by atoms with Gasteiger partial charge in [0.2, 0.25) is 0 Å². The van der Waals surface area contributed by atoms with Gasteiger partial charge >= 0.3 is 0 Å². The van der Waals surface area contributed by atoms with Gasteiger partial charge in [0.05, 0.1) is 5.54 Å². The third-order valence-electron chi connectivity index (χ3n) is 3.44. The number of benzene rings is 1. The zero-order valence-electron chi connectivity index (χ0n) is 9.79. The van der Waals surface area contributed by atoms with Crippen molar-refractivity contribution in [1.82, 2.24) is 0 Å². The molecule has 0 fully saturated rings. The van der Waals surface area contributed by atoms with E-state index in [0.29, 0.717) is 6.42 Å². The van der Waals surface area contributed by atoms with Crippen molar-refractivity contribution in [2.45, 2.75) is 31.0 Å². The second kappa shape index (κ2) is 4.09. The second-order valence-corrected chi connectivity index (χ2v) is 4.74. The molecule has 2 rings (SSSR count). The lowest BCUT2D eigenvalue weighted by Gasteiger charge is -2.36. The molecular formula is C13H16F2N2. The van der Waals surface area contributed by atoms with Crippen LogP contribution in [0.2, 0.25) is 0 Å². The first kappa shape index (κ1) is 12.0. The average molecular weight is 238 g/mol. The Morgan fingerprint density at radius 3 is 2.47 bits per heavy atom. The van der Waals surface area contributed by atoms with Crippen molar-refractivity contribution in [3.05, 3.63) is 35.9 Å². The summed E-state index contributed by atoms with van der Waals surface area (Å²) in [6, 6.07) is 9.57. The SMILES string of the molecule is CC1(c2ccccc2)CCC(F)(CF)C(N)=N1. The molecule has 0 aromatic heterocycles. The van der Waals surface area contributed by atoms with Gasteiger partial charge in [-0.05, 0) is 25.3 Å². The van der Waals surface area contributed by atoms with Crippen LogP contribution in [0.5, 0.6) is 0 Å². The molecule has 2 unspecified atom stereocenters. The van der Waals surface area contributed by atoms with Crippen LogP contribution in [-0.2, 0) is 5.54 Å². The van der Waals surface area contributed by atoms with Gasteiger partial charge in [-0.25, -0.2) is 8.78 Å². The van der Waals surface area contributed by atoms with E-state index in [-0.39, 0.29) is 12.3 Å². The number of hydrogen-bond acceptors (Lipinski definition) is 2. The van der Waals surface area contributed by atoms with Crippen LogP contribution in [0, 0.1) is 0 Å². The van der Waals surface area contributed by atoms with E-state index in [1.165, 1.54) is 0 Å². The monoisotopic (exact) mass is 238 g/mol. The number of alkyl halides is 2. The Balaban J connectivity index is 2.37. The van der Waals surface area contributed by atoms with E-state index in [1.807, 2.05) is 37.3 Å². The molecule has 1 aliphatic rings. The zero-order valence-corrected chi connectivity index (χ0v) is 9.79. The van der Waals surface area contributed by atoms with Crippen molar-refractivity contribution in [2.24, 2.45) is 10.7 Å². The Morgan fingerprint density at radius 1 is 1.29 bits per heavy atom.